The van der Waals surface area contributed by atoms with Crippen molar-refractivity contribution in [3.63, 3.8) is 0 Å². The molecule has 2 atom stereocenters. The van der Waals surface area contributed by atoms with Gasteiger partial charge in [-0.05, 0) is 36.3 Å². The Bertz CT molecular complexity index is 315. The van der Waals surface area contributed by atoms with Gasteiger partial charge in [0.1, 0.15) is 0 Å². The van der Waals surface area contributed by atoms with Crippen molar-refractivity contribution in [2.75, 3.05) is 0 Å². The van der Waals surface area contributed by atoms with Crippen LogP contribution in [0.3, 0.4) is 0 Å². The largest absolute Gasteiger partial charge is 0.472 e. The molecule has 1 aromatic heterocycles. The van der Waals surface area contributed by atoms with Gasteiger partial charge < -0.3 is 9.52 Å². The lowest BCUT2D eigenvalue weighted by Crippen LogP contribution is -2.45. The van der Waals surface area contributed by atoms with E-state index in [1.54, 1.807) is 12.5 Å². The molecule has 1 saturated carbocycles. The number of hydrogen-bond acceptors (Lipinski definition) is 2. The van der Waals surface area contributed by atoms with Crippen LogP contribution in [0.5, 0.6) is 0 Å². The molecule has 0 aliphatic heterocycles. The molecule has 90 valence electrons. The summed E-state index contributed by atoms with van der Waals surface area (Å²) in [5.74, 6) is 0.980. The average molecular weight is 222 g/mol. The Morgan fingerprint density at radius 1 is 1.50 bits per heavy atom. The van der Waals surface area contributed by atoms with E-state index in [9.17, 15) is 5.11 Å². The molecule has 2 unspecified atom stereocenters. The summed E-state index contributed by atoms with van der Waals surface area (Å²) in [4.78, 5) is 0. The van der Waals surface area contributed by atoms with E-state index in [0.717, 1.165) is 31.2 Å². The summed E-state index contributed by atoms with van der Waals surface area (Å²) < 4.78 is 5.09. The second-order valence-electron chi connectivity index (χ2n) is 5.51. The molecular formula is C14H22O2. The molecule has 2 heteroatoms. The number of hydrogen-bond donors (Lipinski definition) is 1. The van der Waals surface area contributed by atoms with Gasteiger partial charge in [0.2, 0.25) is 0 Å². The van der Waals surface area contributed by atoms with Crippen molar-refractivity contribution >= 4 is 0 Å². The highest BCUT2D eigenvalue weighted by Crippen LogP contribution is 2.40. The molecule has 1 aliphatic carbocycles. The van der Waals surface area contributed by atoms with Gasteiger partial charge in [-0.1, -0.05) is 26.7 Å². The van der Waals surface area contributed by atoms with Crippen LogP contribution in [-0.4, -0.2) is 10.7 Å². The maximum atomic E-state index is 10.8. The Morgan fingerprint density at radius 3 is 2.94 bits per heavy atom. The maximum Gasteiger partial charge on any atom is 0.0935 e. The summed E-state index contributed by atoms with van der Waals surface area (Å²) in [7, 11) is 0. The molecule has 0 aromatic carbocycles. The van der Waals surface area contributed by atoms with Crippen LogP contribution in [0, 0.1) is 11.8 Å². The van der Waals surface area contributed by atoms with Crippen molar-refractivity contribution in [3.8, 4) is 0 Å². The zero-order valence-electron chi connectivity index (χ0n) is 10.3. The van der Waals surface area contributed by atoms with Crippen LogP contribution in [0.2, 0.25) is 0 Å². The SMILES string of the molecule is CC(C)C1CCCCC1(O)Cc1ccoc1. The highest BCUT2D eigenvalue weighted by molar-refractivity contribution is 5.11. The smallest absolute Gasteiger partial charge is 0.0935 e. The van der Waals surface area contributed by atoms with Crippen molar-refractivity contribution in [1.29, 1.82) is 0 Å². The van der Waals surface area contributed by atoms with Crippen molar-refractivity contribution in [1.82, 2.24) is 0 Å². The standard InChI is InChI=1S/C14H22O2/c1-11(2)13-5-3-4-7-14(13,15)9-12-6-8-16-10-12/h6,8,10-11,13,15H,3-5,7,9H2,1-2H3. The normalized spacial score (nSPS) is 30.9. The molecule has 2 rings (SSSR count). The molecular weight excluding hydrogens is 200 g/mol. The van der Waals surface area contributed by atoms with Crippen LogP contribution in [0.1, 0.15) is 45.1 Å². The monoisotopic (exact) mass is 222 g/mol. The number of aliphatic hydroxyl groups is 1. The summed E-state index contributed by atoms with van der Waals surface area (Å²) in [5, 5.41) is 10.8. The van der Waals surface area contributed by atoms with Gasteiger partial charge in [-0.3, -0.25) is 0 Å². The molecule has 1 N–H and O–H groups in total. The Labute approximate surface area is 97.7 Å². The first-order valence-corrected chi connectivity index (χ1v) is 6.35. The fourth-order valence-electron chi connectivity index (χ4n) is 3.17. The Balaban J connectivity index is 2.13. The van der Waals surface area contributed by atoms with Gasteiger partial charge in [0.25, 0.3) is 0 Å². The molecule has 0 amide bonds. The number of rotatable bonds is 3. The first-order valence-electron chi connectivity index (χ1n) is 6.35. The predicted molar refractivity (Wildman–Crippen MR) is 64.2 cm³/mol. The molecule has 0 spiro atoms. The molecule has 0 bridgehead atoms. The van der Waals surface area contributed by atoms with E-state index in [1.165, 1.54) is 6.42 Å². The van der Waals surface area contributed by atoms with E-state index in [-0.39, 0.29) is 0 Å². The van der Waals surface area contributed by atoms with Gasteiger partial charge in [-0.15, -0.1) is 0 Å². The van der Waals surface area contributed by atoms with E-state index in [0.29, 0.717) is 11.8 Å². The van der Waals surface area contributed by atoms with E-state index >= 15 is 0 Å². The van der Waals surface area contributed by atoms with Gasteiger partial charge in [0, 0.05) is 6.42 Å². The minimum absolute atomic E-state index is 0.427. The third kappa shape index (κ3) is 2.32. The van der Waals surface area contributed by atoms with E-state index in [2.05, 4.69) is 13.8 Å². The van der Waals surface area contributed by atoms with Crippen LogP contribution in [0.4, 0.5) is 0 Å². The zero-order valence-corrected chi connectivity index (χ0v) is 10.3. The van der Waals surface area contributed by atoms with Crippen LogP contribution in [0.25, 0.3) is 0 Å². The second-order valence-corrected chi connectivity index (χ2v) is 5.51. The molecule has 1 fully saturated rings. The summed E-state index contributed by atoms with van der Waals surface area (Å²) in [6.45, 7) is 4.44. The highest BCUT2D eigenvalue weighted by atomic mass is 16.3. The van der Waals surface area contributed by atoms with Gasteiger partial charge >= 0.3 is 0 Å². The average Bonchev–Trinajstić information content (AvgIpc) is 2.69. The van der Waals surface area contributed by atoms with Crippen molar-refractivity contribution in [2.45, 2.75) is 51.6 Å². The van der Waals surface area contributed by atoms with E-state index in [1.807, 2.05) is 6.07 Å². The predicted octanol–water partition coefficient (Wildman–Crippen LogP) is 3.40. The lowest BCUT2D eigenvalue weighted by molar-refractivity contribution is -0.0653. The Hall–Kier alpha value is -0.760. The third-order valence-corrected chi connectivity index (χ3v) is 3.96. The van der Waals surface area contributed by atoms with Crippen molar-refractivity contribution in [2.24, 2.45) is 11.8 Å². The second kappa shape index (κ2) is 4.62. The summed E-state index contributed by atoms with van der Waals surface area (Å²) in [5.41, 5.74) is 0.603. The minimum atomic E-state index is -0.518. The van der Waals surface area contributed by atoms with Gasteiger partial charge in [0.15, 0.2) is 0 Å². The number of furan rings is 1. The quantitative estimate of drug-likeness (QED) is 0.850. The first-order chi connectivity index (χ1) is 7.62. The van der Waals surface area contributed by atoms with Crippen LogP contribution in [0.15, 0.2) is 23.0 Å². The third-order valence-electron chi connectivity index (χ3n) is 3.96. The summed E-state index contributed by atoms with van der Waals surface area (Å²) in [6, 6.07) is 1.96. The molecule has 0 saturated heterocycles. The van der Waals surface area contributed by atoms with Gasteiger partial charge in [0.05, 0.1) is 18.1 Å². The minimum Gasteiger partial charge on any atom is -0.472 e. The van der Waals surface area contributed by atoms with E-state index < -0.39 is 5.60 Å². The summed E-state index contributed by atoms with van der Waals surface area (Å²) in [6.07, 6.45) is 8.68. The molecule has 1 aromatic rings. The van der Waals surface area contributed by atoms with Crippen molar-refractivity contribution in [3.05, 3.63) is 24.2 Å². The van der Waals surface area contributed by atoms with Gasteiger partial charge in [-0.25, -0.2) is 0 Å². The molecule has 16 heavy (non-hydrogen) atoms. The fourth-order valence-corrected chi connectivity index (χ4v) is 3.17. The van der Waals surface area contributed by atoms with Crippen LogP contribution in [-0.2, 0) is 6.42 Å². The highest BCUT2D eigenvalue weighted by Gasteiger charge is 2.40. The summed E-state index contributed by atoms with van der Waals surface area (Å²) >= 11 is 0. The lowest BCUT2D eigenvalue weighted by atomic mass is 9.68. The molecule has 0 radical (unpaired) electrons. The van der Waals surface area contributed by atoms with Crippen LogP contribution >= 0.6 is 0 Å². The van der Waals surface area contributed by atoms with Gasteiger partial charge in [-0.2, -0.15) is 0 Å². The first kappa shape index (κ1) is 11.7. The lowest BCUT2D eigenvalue weighted by Gasteiger charge is -2.42. The molecule has 1 heterocycles. The fraction of sp³-hybridized carbons (Fsp3) is 0.714. The maximum absolute atomic E-state index is 10.8. The van der Waals surface area contributed by atoms with Crippen LogP contribution < -0.4 is 0 Å². The Kier molecular flexibility index (Phi) is 3.38. The molecule has 2 nitrogen and oxygen atoms in total. The zero-order chi connectivity index (χ0) is 11.6. The Morgan fingerprint density at radius 2 is 2.31 bits per heavy atom. The van der Waals surface area contributed by atoms with E-state index in [4.69, 9.17) is 4.42 Å². The molecule has 1 aliphatic rings. The topological polar surface area (TPSA) is 33.4 Å². The van der Waals surface area contributed by atoms with Crippen molar-refractivity contribution < 1.29 is 9.52 Å².